The molecule has 2 N–H and O–H groups in total. The van der Waals surface area contributed by atoms with Crippen LogP contribution in [0.3, 0.4) is 0 Å². The van der Waals surface area contributed by atoms with Crippen LogP contribution in [0.15, 0.2) is 48.5 Å². The summed E-state index contributed by atoms with van der Waals surface area (Å²) in [6.07, 6.45) is 3.00. The number of aryl methyl sites for hydroxylation is 1. The van der Waals surface area contributed by atoms with Crippen LogP contribution in [0.25, 0.3) is 0 Å². The van der Waals surface area contributed by atoms with E-state index in [0.29, 0.717) is 23.0 Å². The molecule has 5 heteroatoms. The lowest BCUT2D eigenvalue weighted by Crippen LogP contribution is -2.25. The van der Waals surface area contributed by atoms with Gasteiger partial charge in [0.1, 0.15) is 5.75 Å². The number of hydrogen-bond acceptors (Lipinski definition) is 3. The fourth-order valence-electron chi connectivity index (χ4n) is 2.44. The zero-order valence-electron chi connectivity index (χ0n) is 14.2. The highest BCUT2D eigenvalue weighted by Crippen LogP contribution is 2.20. The van der Waals surface area contributed by atoms with Crippen LogP contribution in [0.1, 0.15) is 35.7 Å². The van der Waals surface area contributed by atoms with Crippen molar-refractivity contribution in [3.63, 3.8) is 0 Å². The van der Waals surface area contributed by atoms with E-state index in [1.54, 1.807) is 24.3 Å². The number of anilines is 1. The third-order valence-electron chi connectivity index (χ3n) is 4.00. The van der Waals surface area contributed by atoms with Gasteiger partial charge in [0.15, 0.2) is 6.61 Å². The number of hydrogen-bond donors (Lipinski definition) is 2. The predicted molar refractivity (Wildman–Crippen MR) is 96.9 cm³/mol. The monoisotopic (exact) mass is 338 g/mol. The minimum absolute atomic E-state index is 0.0777. The van der Waals surface area contributed by atoms with E-state index in [4.69, 9.17) is 4.74 Å². The van der Waals surface area contributed by atoms with Gasteiger partial charge in [0, 0.05) is 17.3 Å². The van der Waals surface area contributed by atoms with Crippen molar-refractivity contribution in [1.82, 2.24) is 5.32 Å². The summed E-state index contributed by atoms with van der Waals surface area (Å²) in [5.74, 6) is 0.306. The number of rotatable bonds is 7. The summed E-state index contributed by atoms with van der Waals surface area (Å²) in [5.41, 5.74) is 2.29. The standard InChI is InChI=1S/C20H22N2O3/c1-2-14-5-3-8-18(11-14)25-13-19(23)21-17-7-4-6-15(12-17)20(24)22-16-9-10-16/h3-8,11-12,16H,2,9-10,13H2,1H3,(H,21,23)(H,22,24). The molecule has 5 nitrogen and oxygen atoms in total. The minimum Gasteiger partial charge on any atom is -0.484 e. The van der Waals surface area contributed by atoms with Crippen LogP contribution in [0.4, 0.5) is 5.69 Å². The smallest absolute Gasteiger partial charge is 0.262 e. The first-order valence-electron chi connectivity index (χ1n) is 8.56. The maximum atomic E-state index is 12.1. The summed E-state index contributed by atoms with van der Waals surface area (Å²) < 4.78 is 5.53. The van der Waals surface area contributed by atoms with E-state index in [-0.39, 0.29) is 18.4 Å². The molecule has 1 fully saturated rings. The molecule has 1 aliphatic rings. The summed E-state index contributed by atoms with van der Waals surface area (Å²) in [4.78, 5) is 24.1. The van der Waals surface area contributed by atoms with E-state index >= 15 is 0 Å². The summed E-state index contributed by atoms with van der Waals surface area (Å²) in [6, 6.07) is 14.9. The van der Waals surface area contributed by atoms with Crippen molar-refractivity contribution in [3.05, 3.63) is 59.7 Å². The van der Waals surface area contributed by atoms with Gasteiger partial charge in [-0.2, -0.15) is 0 Å². The van der Waals surface area contributed by atoms with Crippen LogP contribution in [-0.4, -0.2) is 24.5 Å². The molecule has 1 saturated carbocycles. The largest absolute Gasteiger partial charge is 0.484 e. The molecule has 2 amide bonds. The van der Waals surface area contributed by atoms with Gasteiger partial charge in [-0.1, -0.05) is 25.1 Å². The Hall–Kier alpha value is -2.82. The van der Waals surface area contributed by atoms with Crippen molar-refractivity contribution in [2.75, 3.05) is 11.9 Å². The van der Waals surface area contributed by atoms with Crippen molar-refractivity contribution >= 4 is 17.5 Å². The lowest BCUT2D eigenvalue weighted by atomic mass is 10.2. The number of amides is 2. The molecule has 0 radical (unpaired) electrons. The highest BCUT2D eigenvalue weighted by Gasteiger charge is 2.23. The summed E-state index contributed by atoms with van der Waals surface area (Å²) >= 11 is 0. The fourth-order valence-corrected chi connectivity index (χ4v) is 2.44. The fraction of sp³-hybridized carbons (Fsp3) is 0.300. The average molecular weight is 338 g/mol. The van der Waals surface area contributed by atoms with Crippen molar-refractivity contribution in [3.8, 4) is 5.75 Å². The number of nitrogens with one attached hydrogen (secondary N) is 2. The van der Waals surface area contributed by atoms with E-state index in [2.05, 4.69) is 17.6 Å². The summed E-state index contributed by atoms with van der Waals surface area (Å²) in [6.45, 7) is 1.99. The Labute approximate surface area is 147 Å². The average Bonchev–Trinajstić information content (AvgIpc) is 3.44. The molecule has 0 bridgehead atoms. The Morgan fingerprint density at radius 3 is 2.68 bits per heavy atom. The molecule has 0 saturated heterocycles. The molecule has 0 unspecified atom stereocenters. The Balaban J connectivity index is 1.54. The summed E-state index contributed by atoms with van der Waals surface area (Å²) in [7, 11) is 0. The Morgan fingerprint density at radius 1 is 1.12 bits per heavy atom. The first-order chi connectivity index (χ1) is 12.1. The van der Waals surface area contributed by atoms with Crippen LogP contribution in [0.2, 0.25) is 0 Å². The van der Waals surface area contributed by atoms with Crippen LogP contribution >= 0.6 is 0 Å². The first-order valence-corrected chi connectivity index (χ1v) is 8.56. The van der Waals surface area contributed by atoms with Gasteiger partial charge in [-0.3, -0.25) is 9.59 Å². The molecule has 0 spiro atoms. The SMILES string of the molecule is CCc1cccc(OCC(=O)Nc2cccc(C(=O)NC3CC3)c2)c1. The molecule has 3 rings (SSSR count). The molecule has 0 aliphatic heterocycles. The Bertz CT molecular complexity index is 769. The van der Waals surface area contributed by atoms with Gasteiger partial charge >= 0.3 is 0 Å². The third-order valence-corrected chi connectivity index (χ3v) is 4.00. The van der Waals surface area contributed by atoms with Gasteiger partial charge in [-0.05, 0) is 55.2 Å². The first kappa shape index (κ1) is 17.0. The molecular weight excluding hydrogens is 316 g/mol. The van der Waals surface area contributed by atoms with Crippen molar-refractivity contribution < 1.29 is 14.3 Å². The predicted octanol–water partition coefficient (Wildman–Crippen LogP) is 3.16. The second-order valence-electron chi connectivity index (χ2n) is 6.17. The molecule has 0 heterocycles. The second-order valence-corrected chi connectivity index (χ2v) is 6.17. The molecule has 2 aromatic rings. The van der Waals surface area contributed by atoms with Crippen LogP contribution < -0.4 is 15.4 Å². The van der Waals surface area contributed by atoms with Gasteiger partial charge in [-0.15, -0.1) is 0 Å². The normalized spacial score (nSPS) is 13.2. The molecule has 130 valence electrons. The molecule has 1 aliphatic carbocycles. The van der Waals surface area contributed by atoms with Gasteiger partial charge in [-0.25, -0.2) is 0 Å². The Kier molecular flexibility index (Phi) is 5.33. The van der Waals surface area contributed by atoms with E-state index in [1.807, 2.05) is 24.3 Å². The van der Waals surface area contributed by atoms with Gasteiger partial charge < -0.3 is 15.4 Å². The van der Waals surface area contributed by atoms with Gasteiger partial charge in [0.05, 0.1) is 0 Å². The number of carbonyl (C=O) groups excluding carboxylic acids is 2. The van der Waals surface area contributed by atoms with E-state index < -0.39 is 0 Å². The van der Waals surface area contributed by atoms with Crippen LogP contribution in [0.5, 0.6) is 5.75 Å². The van der Waals surface area contributed by atoms with Crippen LogP contribution in [-0.2, 0) is 11.2 Å². The number of benzene rings is 2. The van der Waals surface area contributed by atoms with Crippen molar-refractivity contribution in [1.29, 1.82) is 0 Å². The highest BCUT2D eigenvalue weighted by molar-refractivity contribution is 5.97. The molecular formula is C20H22N2O3. The Morgan fingerprint density at radius 2 is 1.92 bits per heavy atom. The zero-order chi connectivity index (χ0) is 17.6. The number of ether oxygens (including phenoxy) is 1. The summed E-state index contributed by atoms with van der Waals surface area (Å²) in [5, 5.41) is 5.69. The maximum Gasteiger partial charge on any atom is 0.262 e. The third kappa shape index (κ3) is 5.08. The van der Waals surface area contributed by atoms with Gasteiger partial charge in [0.2, 0.25) is 0 Å². The second kappa shape index (κ2) is 7.83. The van der Waals surface area contributed by atoms with Crippen molar-refractivity contribution in [2.45, 2.75) is 32.2 Å². The van der Waals surface area contributed by atoms with E-state index in [9.17, 15) is 9.59 Å². The molecule has 25 heavy (non-hydrogen) atoms. The quantitative estimate of drug-likeness (QED) is 0.815. The topological polar surface area (TPSA) is 67.4 Å². The highest BCUT2D eigenvalue weighted by atomic mass is 16.5. The van der Waals surface area contributed by atoms with Crippen molar-refractivity contribution in [2.24, 2.45) is 0 Å². The lowest BCUT2D eigenvalue weighted by Gasteiger charge is -2.10. The number of carbonyl (C=O) groups is 2. The van der Waals surface area contributed by atoms with Crippen LogP contribution in [0, 0.1) is 0 Å². The van der Waals surface area contributed by atoms with E-state index in [0.717, 1.165) is 24.8 Å². The van der Waals surface area contributed by atoms with Gasteiger partial charge in [0.25, 0.3) is 11.8 Å². The molecule has 2 aromatic carbocycles. The molecule has 0 atom stereocenters. The maximum absolute atomic E-state index is 12.1. The molecule has 0 aromatic heterocycles. The zero-order valence-corrected chi connectivity index (χ0v) is 14.2. The van der Waals surface area contributed by atoms with E-state index in [1.165, 1.54) is 0 Å². The minimum atomic E-state index is -0.262. The lowest BCUT2D eigenvalue weighted by molar-refractivity contribution is -0.118.